The van der Waals surface area contributed by atoms with E-state index in [0.717, 1.165) is 22.3 Å². The molecule has 2 aromatic carbocycles. The highest BCUT2D eigenvalue weighted by Gasteiger charge is 2.20. The third kappa shape index (κ3) is 3.66. The molecule has 0 amide bonds. The first-order valence-electron chi connectivity index (χ1n) is 9.71. The minimum absolute atomic E-state index is 0.0342. The van der Waals surface area contributed by atoms with E-state index in [-0.39, 0.29) is 17.8 Å². The van der Waals surface area contributed by atoms with Crippen LogP contribution in [0.25, 0.3) is 32.7 Å². The van der Waals surface area contributed by atoms with Crippen molar-refractivity contribution in [2.45, 2.75) is 26.8 Å². The molecule has 0 radical (unpaired) electrons. The average Bonchev–Trinajstić information content (AvgIpc) is 3.17. The molecule has 2 aromatic heterocycles. The number of ether oxygens (including phenoxy) is 1. The fourth-order valence-corrected chi connectivity index (χ4v) is 4.47. The number of ketones is 1. The van der Waals surface area contributed by atoms with Gasteiger partial charge in [0.15, 0.2) is 0 Å². The molecule has 0 aliphatic rings. The van der Waals surface area contributed by atoms with Gasteiger partial charge in [-0.2, -0.15) is 0 Å². The van der Waals surface area contributed by atoms with Crippen LogP contribution in [0.2, 0.25) is 0 Å². The van der Waals surface area contributed by atoms with Crippen LogP contribution < -0.4 is 10.3 Å². The lowest BCUT2D eigenvalue weighted by Crippen LogP contribution is -2.24. The van der Waals surface area contributed by atoms with Crippen LogP contribution in [0.4, 0.5) is 0 Å². The third-order valence-electron chi connectivity index (χ3n) is 5.06. The number of methoxy groups -OCH3 is 1. The number of hydrogen-bond donors (Lipinski definition) is 0. The Balaban J connectivity index is 2.00. The van der Waals surface area contributed by atoms with Crippen molar-refractivity contribution in [2.75, 3.05) is 7.11 Å². The molecule has 0 unspecified atom stereocenters. The minimum Gasteiger partial charge on any atom is -0.496 e. The van der Waals surface area contributed by atoms with Gasteiger partial charge >= 0.3 is 0 Å². The molecule has 0 saturated carbocycles. The Bertz CT molecular complexity index is 1290. The van der Waals surface area contributed by atoms with E-state index in [1.165, 1.54) is 18.3 Å². The molecule has 2 heterocycles. The lowest BCUT2D eigenvalue weighted by atomic mass is 10.0. The first-order chi connectivity index (χ1) is 14.5. The molecule has 0 aliphatic carbocycles. The number of rotatable bonds is 6. The van der Waals surface area contributed by atoms with Gasteiger partial charge in [0.25, 0.3) is 5.56 Å². The van der Waals surface area contributed by atoms with Crippen molar-refractivity contribution in [3.63, 3.8) is 0 Å². The number of carbonyl (C=O) groups is 1. The Kier molecular flexibility index (Phi) is 5.50. The van der Waals surface area contributed by atoms with Crippen molar-refractivity contribution >= 4 is 27.3 Å². The number of carbonyl (C=O) groups excluding carboxylic acids is 1. The normalized spacial score (nSPS) is 11.0. The molecule has 5 nitrogen and oxygen atoms in total. The fourth-order valence-electron chi connectivity index (χ4n) is 3.54. The van der Waals surface area contributed by atoms with Crippen LogP contribution in [-0.4, -0.2) is 22.4 Å². The molecule has 152 valence electrons. The quantitative estimate of drug-likeness (QED) is 0.438. The van der Waals surface area contributed by atoms with Gasteiger partial charge in [-0.3, -0.25) is 14.2 Å². The summed E-state index contributed by atoms with van der Waals surface area (Å²) in [5, 5.41) is 2.52. The number of fused-ring (bicyclic) bond motifs is 1. The Labute approximate surface area is 178 Å². The van der Waals surface area contributed by atoms with Crippen molar-refractivity contribution in [2.24, 2.45) is 0 Å². The zero-order chi connectivity index (χ0) is 21.3. The molecule has 0 atom stereocenters. The van der Waals surface area contributed by atoms with Crippen LogP contribution in [0.15, 0.2) is 58.7 Å². The van der Waals surface area contributed by atoms with Crippen molar-refractivity contribution in [3.05, 3.63) is 69.8 Å². The van der Waals surface area contributed by atoms with Crippen LogP contribution in [0.1, 0.15) is 18.9 Å². The molecule has 0 saturated heterocycles. The summed E-state index contributed by atoms with van der Waals surface area (Å²) in [6.45, 7) is 3.84. The maximum absolute atomic E-state index is 13.7. The van der Waals surface area contributed by atoms with E-state index in [1.54, 1.807) is 11.7 Å². The highest BCUT2D eigenvalue weighted by atomic mass is 32.1. The van der Waals surface area contributed by atoms with Gasteiger partial charge in [0, 0.05) is 35.0 Å². The van der Waals surface area contributed by atoms with Gasteiger partial charge in [0.2, 0.25) is 0 Å². The average molecular weight is 419 g/mol. The van der Waals surface area contributed by atoms with Crippen molar-refractivity contribution in [1.82, 2.24) is 9.55 Å². The van der Waals surface area contributed by atoms with Gasteiger partial charge in [0.05, 0.1) is 12.5 Å². The molecular weight excluding hydrogens is 396 g/mol. The van der Waals surface area contributed by atoms with Crippen molar-refractivity contribution in [3.8, 4) is 28.3 Å². The summed E-state index contributed by atoms with van der Waals surface area (Å²) in [4.78, 5) is 30.8. The Morgan fingerprint density at radius 2 is 1.90 bits per heavy atom. The van der Waals surface area contributed by atoms with Crippen molar-refractivity contribution < 1.29 is 9.53 Å². The minimum atomic E-state index is -0.139. The Morgan fingerprint density at radius 3 is 2.60 bits per heavy atom. The molecule has 30 heavy (non-hydrogen) atoms. The summed E-state index contributed by atoms with van der Waals surface area (Å²) in [6, 6.07) is 15.5. The number of Topliss-reactive ketones (excluding diaryl/α,β-unsaturated/α-hetero) is 1. The Morgan fingerprint density at radius 1 is 1.13 bits per heavy atom. The smallest absolute Gasteiger partial charge is 0.263 e. The predicted molar refractivity (Wildman–Crippen MR) is 121 cm³/mol. The SMILES string of the molecule is COc1ccc(C)cc1-c1csc2nc(-c3ccccc3)n(CCC(C)=O)c(=O)c12. The van der Waals surface area contributed by atoms with Gasteiger partial charge in [-0.1, -0.05) is 42.0 Å². The molecule has 0 bridgehead atoms. The number of hydrogen-bond acceptors (Lipinski definition) is 5. The molecule has 0 fully saturated rings. The van der Waals surface area contributed by atoms with Gasteiger partial charge in [-0.05, 0) is 26.0 Å². The largest absolute Gasteiger partial charge is 0.496 e. The predicted octanol–water partition coefficient (Wildman–Crippen LogP) is 5.09. The van der Waals surface area contributed by atoms with E-state index >= 15 is 0 Å². The highest BCUT2D eigenvalue weighted by molar-refractivity contribution is 7.17. The summed E-state index contributed by atoms with van der Waals surface area (Å²) in [5.41, 5.74) is 3.47. The van der Waals surface area contributed by atoms with E-state index in [4.69, 9.17) is 9.72 Å². The van der Waals surface area contributed by atoms with Crippen LogP contribution in [0.3, 0.4) is 0 Å². The summed E-state index contributed by atoms with van der Waals surface area (Å²) in [7, 11) is 1.62. The van der Waals surface area contributed by atoms with E-state index in [0.29, 0.717) is 28.3 Å². The summed E-state index contributed by atoms with van der Waals surface area (Å²) < 4.78 is 7.17. The van der Waals surface area contributed by atoms with E-state index in [2.05, 4.69) is 0 Å². The second-order valence-corrected chi connectivity index (χ2v) is 8.10. The molecule has 4 rings (SSSR count). The van der Waals surface area contributed by atoms with Crippen LogP contribution in [0, 0.1) is 6.92 Å². The van der Waals surface area contributed by atoms with E-state index < -0.39 is 0 Å². The number of benzene rings is 2. The molecular formula is C24H22N2O3S. The summed E-state index contributed by atoms with van der Waals surface area (Å²) in [5.74, 6) is 1.33. The lowest BCUT2D eigenvalue weighted by molar-refractivity contribution is -0.117. The maximum atomic E-state index is 13.7. The topological polar surface area (TPSA) is 61.2 Å². The third-order valence-corrected chi connectivity index (χ3v) is 5.93. The molecule has 4 aromatic rings. The number of nitrogens with zero attached hydrogens (tertiary/aromatic N) is 2. The number of aryl methyl sites for hydroxylation is 1. The van der Waals surface area contributed by atoms with Crippen LogP contribution in [0.5, 0.6) is 5.75 Å². The number of aromatic nitrogens is 2. The molecule has 0 N–H and O–H groups in total. The summed E-state index contributed by atoms with van der Waals surface area (Å²) >= 11 is 1.44. The van der Waals surface area contributed by atoms with Crippen LogP contribution >= 0.6 is 11.3 Å². The van der Waals surface area contributed by atoms with Gasteiger partial charge < -0.3 is 4.74 Å². The molecule has 0 spiro atoms. The second kappa shape index (κ2) is 8.24. The van der Waals surface area contributed by atoms with Crippen LogP contribution in [-0.2, 0) is 11.3 Å². The summed E-state index contributed by atoms with van der Waals surface area (Å²) in [6.07, 6.45) is 0.278. The zero-order valence-electron chi connectivity index (χ0n) is 17.1. The van der Waals surface area contributed by atoms with Gasteiger partial charge in [-0.15, -0.1) is 11.3 Å². The highest BCUT2D eigenvalue weighted by Crippen LogP contribution is 2.37. The first kappa shape index (κ1) is 20.0. The van der Waals surface area contributed by atoms with E-state index in [9.17, 15) is 9.59 Å². The fraction of sp³-hybridized carbons (Fsp3) is 0.208. The zero-order valence-corrected chi connectivity index (χ0v) is 18.0. The first-order valence-corrected chi connectivity index (χ1v) is 10.6. The molecule has 6 heteroatoms. The van der Waals surface area contributed by atoms with Crippen molar-refractivity contribution in [1.29, 1.82) is 0 Å². The lowest BCUT2D eigenvalue weighted by Gasteiger charge is -2.13. The second-order valence-electron chi connectivity index (χ2n) is 7.24. The molecule has 0 aliphatic heterocycles. The monoisotopic (exact) mass is 418 g/mol. The standard InChI is InChI=1S/C24H22N2O3S/c1-15-9-10-20(29-3)18(13-15)19-14-30-23-21(19)24(28)26(12-11-16(2)27)22(25-23)17-7-5-4-6-8-17/h4-10,13-14H,11-12H2,1-3H3. The van der Waals surface area contributed by atoms with Gasteiger partial charge in [0.1, 0.15) is 22.2 Å². The Hall–Kier alpha value is -3.25. The van der Waals surface area contributed by atoms with E-state index in [1.807, 2.05) is 60.8 Å². The van der Waals surface area contributed by atoms with Gasteiger partial charge in [-0.25, -0.2) is 4.98 Å². The maximum Gasteiger partial charge on any atom is 0.263 e. The number of thiophene rings is 1.